The highest BCUT2D eigenvalue weighted by atomic mass is 28.4. The van der Waals surface area contributed by atoms with Crippen LogP contribution in [0, 0.1) is 0 Å². The van der Waals surface area contributed by atoms with Gasteiger partial charge >= 0.3 is 0 Å². The molecule has 0 aliphatic carbocycles. The second-order valence-electron chi connectivity index (χ2n) is 13.7. The maximum Gasteiger partial charge on any atom is 0.192 e. The van der Waals surface area contributed by atoms with Gasteiger partial charge in [0, 0.05) is 6.42 Å². The van der Waals surface area contributed by atoms with E-state index in [1.54, 1.807) is 0 Å². The Bertz CT molecular complexity index is 581. The normalized spacial score (nSPS) is 17.9. The van der Waals surface area contributed by atoms with Gasteiger partial charge in [-0.15, -0.1) is 0 Å². The summed E-state index contributed by atoms with van der Waals surface area (Å²) in [5.74, 6) is 0. The molecule has 0 amide bonds. The monoisotopic (exact) mass is 490 g/mol. The van der Waals surface area contributed by atoms with E-state index in [0.29, 0.717) is 6.42 Å². The summed E-state index contributed by atoms with van der Waals surface area (Å²) in [6, 6.07) is 0. The first-order chi connectivity index (χ1) is 13.4. The fourth-order valence-corrected chi connectivity index (χ4v) is 6.73. The quantitative estimate of drug-likeness (QED) is 0.232. The minimum absolute atomic E-state index is 0.0547. The largest absolute Gasteiger partial charge is 0.412 e. The zero-order chi connectivity index (χ0) is 25.3. The molecule has 31 heavy (non-hydrogen) atoms. The van der Waals surface area contributed by atoms with Crippen molar-refractivity contribution in [3.8, 4) is 0 Å². The highest BCUT2D eigenvalue weighted by Crippen LogP contribution is 2.43. The average Bonchev–Trinajstić information content (AvgIpc) is 2.48. The van der Waals surface area contributed by atoms with Gasteiger partial charge in [-0.3, -0.25) is 0 Å². The predicted molar refractivity (Wildman–Crippen MR) is 143 cm³/mol. The Balaban J connectivity index is 6.26. The van der Waals surface area contributed by atoms with E-state index in [0.717, 1.165) is 6.29 Å². The van der Waals surface area contributed by atoms with E-state index < -0.39 is 25.0 Å². The van der Waals surface area contributed by atoms with E-state index in [9.17, 15) is 4.79 Å². The molecule has 0 N–H and O–H groups in total. The lowest BCUT2D eigenvalue weighted by Gasteiger charge is -2.48. The molecule has 0 rings (SSSR count). The van der Waals surface area contributed by atoms with Crippen molar-refractivity contribution in [2.75, 3.05) is 0 Å². The van der Waals surface area contributed by atoms with Crippen molar-refractivity contribution in [1.29, 1.82) is 0 Å². The number of carbonyl (C=O) groups excluding carboxylic acids is 1. The Kier molecular flexibility index (Phi) is 10.3. The molecule has 186 valence electrons. The summed E-state index contributed by atoms with van der Waals surface area (Å²) < 4.78 is 20.6. The third-order valence-corrected chi connectivity index (χ3v) is 21.5. The van der Waals surface area contributed by atoms with Crippen molar-refractivity contribution in [3.63, 3.8) is 0 Å². The van der Waals surface area contributed by atoms with Crippen LogP contribution in [0.4, 0.5) is 0 Å². The molecule has 0 aliphatic rings. The molecule has 0 aromatic rings. The summed E-state index contributed by atoms with van der Waals surface area (Å²) >= 11 is 0. The minimum Gasteiger partial charge on any atom is -0.412 e. The zero-order valence-corrected chi connectivity index (χ0v) is 26.6. The van der Waals surface area contributed by atoms with E-state index in [-0.39, 0.29) is 33.4 Å². The Morgan fingerprint density at radius 2 is 0.968 bits per heavy atom. The van der Waals surface area contributed by atoms with E-state index in [1.165, 1.54) is 0 Å². The van der Waals surface area contributed by atoms with Gasteiger partial charge in [0.05, 0.1) is 18.3 Å². The van der Waals surface area contributed by atoms with Crippen LogP contribution in [-0.4, -0.2) is 49.6 Å². The molecule has 4 nitrogen and oxygen atoms in total. The molecule has 0 bridgehead atoms. The van der Waals surface area contributed by atoms with Gasteiger partial charge in [0.15, 0.2) is 25.0 Å². The van der Waals surface area contributed by atoms with Gasteiger partial charge < -0.3 is 18.1 Å². The summed E-state index contributed by atoms with van der Waals surface area (Å²) in [5, 5.41) is 0.215. The van der Waals surface area contributed by atoms with Crippen LogP contribution in [0.25, 0.3) is 0 Å². The first kappa shape index (κ1) is 31.2. The van der Waals surface area contributed by atoms with Gasteiger partial charge in [0.25, 0.3) is 0 Å². The molecule has 0 heterocycles. The van der Waals surface area contributed by atoms with Crippen LogP contribution in [0.15, 0.2) is 0 Å². The lowest BCUT2D eigenvalue weighted by Crippen LogP contribution is -2.57. The van der Waals surface area contributed by atoms with E-state index >= 15 is 0 Å². The second kappa shape index (κ2) is 10.2. The third-order valence-electron chi connectivity index (χ3n) is 7.93. The molecule has 0 aromatic carbocycles. The standard InChI is InChI=1S/C24H54O4Si3/c1-19(26-29(11,12)22(2,3)4)21(28-31(15,16)24(8,9)10)20(17-18-25)27-30(13,14)23(5,6)7/h18-21H,17H2,1-16H3/t19-,20+,21-/m1/s1. The minimum atomic E-state index is -2.11. The van der Waals surface area contributed by atoms with Crippen LogP contribution in [-0.2, 0) is 18.1 Å². The number of aldehydes is 1. The fraction of sp³-hybridized carbons (Fsp3) is 0.958. The predicted octanol–water partition coefficient (Wildman–Crippen LogP) is 7.77. The van der Waals surface area contributed by atoms with Gasteiger partial charge in [-0.05, 0) is 61.3 Å². The topological polar surface area (TPSA) is 44.8 Å². The van der Waals surface area contributed by atoms with Crippen LogP contribution in [0.3, 0.4) is 0 Å². The molecule has 7 heteroatoms. The Labute approximate surface area is 197 Å². The molecular formula is C24H54O4Si3. The Morgan fingerprint density at radius 3 is 1.29 bits per heavy atom. The van der Waals surface area contributed by atoms with Gasteiger partial charge in [-0.2, -0.15) is 0 Å². The van der Waals surface area contributed by atoms with Crippen molar-refractivity contribution >= 4 is 31.2 Å². The zero-order valence-electron chi connectivity index (χ0n) is 23.6. The number of rotatable bonds is 10. The maximum absolute atomic E-state index is 11.7. The van der Waals surface area contributed by atoms with Crippen LogP contribution >= 0.6 is 0 Å². The molecule has 0 fully saturated rings. The van der Waals surface area contributed by atoms with E-state index in [4.69, 9.17) is 13.3 Å². The summed E-state index contributed by atoms with van der Waals surface area (Å²) in [6.45, 7) is 35.9. The molecule has 3 atom stereocenters. The molecule has 0 unspecified atom stereocenters. The smallest absolute Gasteiger partial charge is 0.192 e. The number of hydrogen-bond acceptors (Lipinski definition) is 4. The molecule has 0 saturated heterocycles. The van der Waals surface area contributed by atoms with Crippen LogP contribution in [0.2, 0.25) is 54.4 Å². The van der Waals surface area contributed by atoms with Gasteiger partial charge in [0.2, 0.25) is 0 Å². The highest BCUT2D eigenvalue weighted by Gasteiger charge is 2.48. The molecule has 0 radical (unpaired) electrons. The van der Waals surface area contributed by atoms with Crippen LogP contribution in [0.1, 0.15) is 75.7 Å². The Hall–Kier alpha value is 0.201. The fourth-order valence-electron chi connectivity index (χ4n) is 2.60. The lowest BCUT2D eigenvalue weighted by atomic mass is 10.1. The SMILES string of the molecule is C[C@@H](O[Si](C)(C)C(C)(C)C)[C@@H](O[Si](C)(C)C(C)(C)C)[C@H](CC=O)O[Si](C)(C)C(C)(C)C. The summed E-state index contributed by atoms with van der Waals surface area (Å²) in [4.78, 5) is 11.7. The summed E-state index contributed by atoms with van der Waals surface area (Å²) in [7, 11) is -6.22. The third kappa shape index (κ3) is 8.49. The molecule has 0 aliphatic heterocycles. The van der Waals surface area contributed by atoms with Crippen molar-refractivity contribution in [2.45, 2.75) is 148 Å². The highest BCUT2D eigenvalue weighted by molar-refractivity contribution is 6.75. The van der Waals surface area contributed by atoms with Crippen molar-refractivity contribution in [3.05, 3.63) is 0 Å². The molecular weight excluding hydrogens is 437 g/mol. The molecule has 0 aromatic heterocycles. The maximum atomic E-state index is 11.7. The van der Waals surface area contributed by atoms with Gasteiger partial charge in [-0.25, -0.2) is 0 Å². The first-order valence-corrected chi connectivity index (χ1v) is 20.6. The molecule has 0 spiro atoms. The summed E-state index contributed by atoms with van der Waals surface area (Å²) in [6.07, 6.45) is 0.599. The first-order valence-electron chi connectivity index (χ1n) is 11.9. The van der Waals surface area contributed by atoms with Crippen molar-refractivity contribution in [1.82, 2.24) is 0 Å². The molecule has 0 saturated carbocycles. The van der Waals surface area contributed by atoms with Gasteiger partial charge in [0.1, 0.15) is 6.29 Å². The van der Waals surface area contributed by atoms with Crippen molar-refractivity contribution in [2.24, 2.45) is 0 Å². The van der Waals surface area contributed by atoms with Crippen LogP contribution in [0.5, 0.6) is 0 Å². The number of hydrogen-bond donors (Lipinski definition) is 0. The van der Waals surface area contributed by atoms with E-state index in [1.807, 2.05) is 0 Å². The second-order valence-corrected chi connectivity index (χ2v) is 28.0. The summed E-state index contributed by atoms with van der Waals surface area (Å²) in [5.41, 5.74) is 0. The number of carbonyl (C=O) groups is 1. The van der Waals surface area contributed by atoms with E-state index in [2.05, 4.69) is 109 Å². The van der Waals surface area contributed by atoms with Crippen molar-refractivity contribution < 1.29 is 18.1 Å². The average molecular weight is 491 g/mol. The Morgan fingerprint density at radius 1 is 0.645 bits per heavy atom. The van der Waals surface area contributed by atoms with Crippen LogP contribution < -0.4 is 0 Å². The van der Waals surface area contributed by atoms with Gasteiger partial charge in [-0.1, -0.05) is 62.3 Å². The lowest BCUT2D eigenvalue weighted by molar-refractivity contribution is -0.112.